The van der Waals surface area contributed by atoms with Gasteiger partial charge in [0, 0.05) is 17.1 Å². The van der Waals surface area contributed by atoms with Gasteiger partial charge in [-0.3, -0.25) is 9.59 Å². The van der Waals surface area contributed by atoms with Gasteiger partial charge in [-0.1, -0.05) is 11.8 Å². The number of unbranched alkanes of at least 4 members (excludes halogenated alkanes) is 1. The number of aryl methyl sites for hydroxylation is 1. The molecule has 0 radical (unpaired) electrons. The quantitative estimate of drug-likeness (QED) is 0.564. The number of carboxylic acid groups (broad SMARTS) is 2. The Balaban J connectivity index is 2.34. The van der Waals surface area contributed by atoms with E-state index >= 15 is 0 Å². The molecule has 0 saturated carbocycles. The number of nitrogens with zero attached hydrogens (tertiary/aromatic N) is 1. The predicted octanol–water partition coefficient (Wildman–Crippen LogP) is 2.43. The Bertz CT molecular complexity index is 431. The zero-order valence-electron chi connectivity index (χ0n) is 10.0. The summed E-state index contributed by atoms with van der Waals surface area (Å²) in [7, 11) is 0. The standard InChI is InChI=1S/C11H15NO4S2/c1-7-8(6-10(15)16)18-11(12-7)17-5-3-2-4-9(13)14/h2-6H2,1H3,(H,13,14)(H,15,16). The monoisotopic (exact) mass is 289 g/mol. The number of aliphatic carboxylic acids is 2. The third-order valence-corrected chi connectivity index (χ3v) is 4.58. The molecule has 5 nitrogen and oxygen atoms in total. The summed E-state index contributed by atoms with van der Waals surface area (Å²) in [5, 5.41) is 17.2. The molecule has 1 aromatic heterocycles. The number of carboxylic acids is 2. The first-order chi connectivity index (χ1) is 8.49. The summed E-state index contributed by atoms with van der Waals surface area (Å²) in [5.41, 5.74) is 0.774. The molecule has 18 heavy (non-hydrogen) atoms. The minimum atomic E-state index is -0.847. The van der Waals surface area contributed by atoms with Crippen LogP contribution in [0.3, 0.4) is 0 Å². The second-order valence-corrected chi connectivity index (χ2v) is 6.18. The van der Waals surface area contributed by atoms with Gasteiger partial charge in [-0.05, 0) is 19.8 Å². The van der Waals surface area contributed by atoms with Crippen molar-refractivity contribution in [2.75, 3.05) is 5.75 Å². The van der Waals surface area contributed by atoms with Gasteiger partial charge < -0.3 is 10.2 Å². The van der Waals surface area contributed by atoms with Gasteiger partial charge >= 0.3 is 11.9 Å². The molecule has 100 valence electrons. The number of hydrogen-bond donors (Lipinski definition) is 2. The molecule has 7 heteroatoms. The average Bonchev–Trinajstić information content (AvgIpc) is 2.57. The van der Waals surface area contributed by atoms with Crippen LogP contribution >= 0.6 is 23.1 Å². The molecular weight excluding hydrogens is 274 g/mol. The molecule has 0 fully saturated rings. The highest BCUT2D eigenvalue weighted by Crippen LogP contribution is 2.28. The van der Waals surface area contributed by atoms with Crippen molar-refractivity contribution in [3.05, 3.63) is 10.6 Å². The summed E-state index contributed by atoms with van der Waals surface area (Å²) in [6.45, 7) is 1.81. The van der Waals surface area contributed by atoms with Crippen molar-refractivity contribution < 1.29 is 19.8 Å². The topological polar surface area (TPSA) is 87.5 Å². The molecule has 0 aliphatic heterocycles. The van der Waals surface area contributed by atoms with Gasteiger partial charge in [0.05, 0.1) is 12.1 Å². The van der Waals surface area contributed by atoms with Crippen molar-refractivity contribution in [2.45, 2.75) is 36.9 Å². The van der Waals surface area contributed by atoms with Crippen molar-refractivity contribution in [1.29, 1.82) is 0 Å². The van der Waals surface area contributed by atoms with Crippen LogP contribution < -0.4 is 0 Å². The lowest BCUT2D eigenvalue weighted by Crippen LogP contribution is -1.99. The fourth-order valence-electron chi connectivity index (χ4n) is 1.30. The lowest BCUT2D eigenvalue weighted by Gasteiger charge is -1.96. The van der Waals surface area contributed by atoms with Crippen LogP contribution in [0.15, 0.2) is 4.34 Å². The predicted molar refractivity (Wildman–Crippen MR) is 70.4 cm³/mol. The normalized spacial score (nSPS) is 10.5. The summed E-state index contributed by atoms with van der Waals surface area (Å²) >= 11 is 2.96. The highest BCUT2D eigenvalue weighted by Gasteiger charge is 2.11. The Morgan fingerprint density at radius 3 is 2.61 bits per heavy atom. The SMILES string of the molecule is Cc1nc(SCCCCC(=O)O)sc1CC(=O)O. The Kier molecular flexibility index (Phi) is 6.14. The van der Waals surface area contributed by atoms with Crippen LogP contribution in [0.2, 0.25) is 0 Å². The van der Waals surface area contributed by atoms with Crippen molar-refractivity contribution in [3.63, 3.8) is 0 Å². The summed E-state index contributed by atoms with van der Waals surface area (Å²) < 4.78 is 0.860. The van der Waals surface area contributed by atoms with Crippen LogP contribution in [-0.4, -0.2) is 32.9 Å². The van der Waals surface area contributed by atoms with Crippen LogP contribution in [0.4, 0.5) is 0 Å². The number of rotatable bonds is 8. The van der Waals surface area contributed by atoms with Crippen molar-refractivity contribution in [3.8, 4) is 0 Å². The van der Waals surface area contributed by atoms with Gasteiger partial charge in [-0.15, -0.1) is 11.3 Å². The van der Waals surface area contributed by atoms with E-state index in [1.54, 1.807) is 11.8 Å². The third-order valence-electron chi connectivity index (χ3n) is 2.20. The van der Waals surface area contributed by atoms with Gasteiger partial charge in [0.25, 0.3) is 0 Å². The maximum Gasteiger partial charge on any atom is 0.308 e. The van der Waals surface area contributed by atoms with E-state index in [2.05, 4.69) is 4.98 Å². The summed E-state index contributed by atoms with van der Waals surface area (Å²) in [6, 6.07) is 0. The molecule has 0 aromatic carbocycles. The van der Waals surface area contributed by atoms with E-state index in [-0.39, 0.29) is 12.8 Å². The number of thiazole rings is 1. The molecule has 0 atom stereocenters. The molecule has 0 aliphatic carbocycles. The molecule has 0 bridgehead atoms. The first kappa shape index (κ1) is 15.0. The van der Waals surface area contributed by atoms with E-state index < -0.39 is 11.9 Å². The molecule has 1 heterocycles. The summed E-state index contributed by atoms with van der Waals surface area (Å²) in [4.78, 5) is 26.0. The van der Waals surface area contributed by atoms with Crippen LogP contribution in [0.25, 0.3) is 0 Å². The number of aromatic nitrogens is 1. The van der Waals surface area contributed by atoms with Gasteiger partial charge in [-0.25, -0.2) is 4.98 Å². The Labute approximate surface area is 113 Å². The molecule has 0 amide bonds. The Hall–Kier alpha value is -1.08. The minimum Gasteiger partial charge on any atom is -0.481 e. The first-order valence-electron chi connectivity index (χ1n) is 5.51. The lowest BCUT2D eigenvalue weighted by molar-refractivity contribution is -0.137. The fraction of sp³-hybridized carbons (Fsp3) is 0.545. The van der Waals surface area contributed by atoms with Crippen molar-refractivity contribution in [2.24, 2.45) is 0 Å². The zero-order valence-corrected chi connectivity index (χ0v) is 11.6. The first-order valence-corrected chi connectivity index (χ1v) is 7.32. The maximum absolute atomic E-state index is 10.6. The van der Waals surface area contributed by atoms with E-state index in [4.69, 9.17) is 10.2 Å². The van der Waals surface area contributed by atoms with Gasteiger partial charge in [-0.2, -0.15) is 0 Å². The molecule has 2 N–H and O–H groups in total. The molecule has 0 unspecified atom stereocenters. The fourth-order valence-corrected chi connectivity index (χ4v) is 3.60. The molecule has 0 spiro atoms. The molecular formula is C11H15NO4S2. The molecule has 0 aliphatic rings. The van der Waals surface area contributed by atoms with Crippen molar-refractivity contribution in [1.82, 2.24) is 4.98 Å². The Morgan fingerprint density at radius 1 is 1.28 bits per heavy atom. The number of carbonyl (C=O) groups is 2. The van der Waals surface area contributed by atoms with Crippen LogP contribution in [0.5, 0.6) is 0 Å². The van der Waals surface area contributed by atoms with Crippen LogP contribution in [0, 0.1) is 6.92 Å². The third kappa shape index (κ3) is 5.50. The number of thioether (sulfide) groups is 1. The largest absolute Gasteiger partial charge is 0.481 e. The van der Waals surface area contributed by atoms with Crippen LogP contribution in [0.1, 0.15) is 29.8 Å². The van der Waals surface area contributed by atoms with Gasteiger partial charge in [0.1, 0.15) is 4.34 Å². The molecule has 1 aromatic rings. The van der Waals surface area contributed by atoms with Crippen molar-refractivity contribution >= 4 is 35.0 Å². The zero-order chi connectivity index (χ0) is 13.5. The average molecular weight is 289 g/mol. The van der Waals surface area contributed by atoms with E-state index in [9.17, 15) is 9.59 Å². The summed E-state index contributed by atoms with van der Waals surface area (Å²) in [5.74, 6) is -0.805. The van der Waals surface area contributed by atoms with E-state index in [1.807, 2.05) is 6.92 Å². The number of hydrogen-bond acceptors (Lipinski definition) is 5. The van der Waals surface area contributed by atoms with Gasteiger partial charge in [0.15, 0.2) is 0 Å². The minimum absolute atomic E-state index is 0.0169. The highest BCUT2D eigenvalue weighted by atomic mass is 32.2. The van der Waals surface area contributed by atoms with Gasteiger partial charge in [0.2, 0.25) is 0 Å². The molecule has 0 saturated heterocycles. The lowest BCUT2D eigenvalue weighted by atomic mass is 10.3. The Morgan fingerprint density at radius 2 is 2.00 bits per heavy atom. The smallest absolute Gasteiger partial charge is 0.308 e. The molecule has 1 rings (SSSR count). The van der Waals surface area contributed by atoms with Crippen LogP contribution in [-0.2, 0) is 16.0 Å². The van der Waals surface area contributed by atoms with E-state index in [1.165, 1.54) is 11.3 Å². The van der Waals surface area contributed by atoms with E-state index in [0.717, 1.165) is 27.1 Å². The second-order valence-electron chi connectivity index (χ2n) is 3.76. The maximum atomic E-state index is 10.6. The second kappa shape index (κ2) is 7.38. The van der Waals surface area contributed by atoms with E-state index in [0.29, 0.717) is 6.42 Å². The summed E-state index contributed by atoms with van der Waals surface area (Å²) in [6.07, 6.45) is 1.70. The highest BCUT2D eigenvalue weighted by molar-refractivity contribution is 8.01.